The highest BCUT2D eigenvalue weighted by atomic mass is 32.2. The highest BCUT2D eigenvalue weighted by Crippen LogP contribution is 2.37. The molecule has 3 rings (SSSR count). The SMILES string of the molecule is CS(=O)(=O)c1cccc2c1NCC1(CCOC1)N2. The molecule has 2 N–H and O–H groups in total. The van der Waals surface area contributed by atoms with Crippen molar-refractivity contribution >= 4 is 21.2 Å². The molecule has 98 valence electrons. The fraction of sp³-hybridized carbons (Fsp3) is 0.500. The highest BCUT2D eigenvalue weighted by molar-refractivity contribution is 7.90. The summed E-state index contributed by atoms with van der Waals surface area (Å²) in [6.45, 7) is 2.09. The van der Waals surface area contributed by atoms with Gasteiger partial charge in [-0.2, -0.15) is 0 Å². The molecule has 1 aromatic carbocycles. The second-order valence-electron chi connectivity index (χ2n) is 5.01. The molecule has 1 unspecified atom stereocenters. The lowest BCUT2D eigenvalue weighted by Gasteiger charge is -2.37. The molecular formula is C12H16N2O3S. The van der Waals surface area contributed by atoms with Gasteiger partial charge in [-0.15, -0.1) is 0 Å². The third-order valence-corrected chi connectivity index (χ3v) is 4.67. The zero-order chi connectivity index (χ0) is 12.8. The summed E-state index contributed by atoms with van der Waals surface area (Å²) < 4.78 is 28.9. The molecule has 2 aliphatic heterocycles. The van der Waals surface area contributed by atoms with Gasteiger partial charge in [0.05, 0.1) is 28.4 Å². The molecule has 0 aliphatic carbocycles. The normalized spacial score (nSPS) is 26.5. The van der Waals surface area contributed by atoms with E-state index in [1.54, 1.807) is 12.1 Å². The number of fused-ring (bicyclic) bond motifs is 1. The van der Waals surface area contributed by atoms with Crippen LogP contribution in [-0.2, 0) is 14.6 Å². The Hall–Kier alpha value is -1.27. The number of para-hydroxylation sites is 1. The first-order valence-electron chi connectivity index (χ1n) is 5.93. The first-order chi connectivity index (χ1) is 8.50. The maximum Gasteiger partial charge on any atom is 0.177 e. The Morgan fingerprint density at radius 3 is 2.89 bits per heavy atom. The van der Waals surface area contributed by atoms with Gasteiger partial charge in [-0.05, 0) is 18.6 Å². The van der Waals surface area contributed by atoms with Crippen LogP contribution in [0.5, 0.6) is 0 Å². The van der Waals surface area contributed by atoms with Crippen LogP contribution in [0.25, 0.3) is 0 Å². The molecule has 6 heteroatoms. The molecule has 1 fully saturated rings. The van der Waals surface area contributed by atoms with E-state index in [0.29, 0.717) is 23.7 Å². The molecule has 1 aromatic rings. The topological polar surface area (TPSA) is 67.4 Å². The number of benzene rings is 1. The smallest absolute Gasteiger partial charge is 0.177 e. The van der Waals surface area contributed by atoms with Crippen LogP contribution in [0.1, 0.15) is 6.42 Å². The lowest BCUT2D eigenvalue weighted by Crippen LogP contribution is -2.48. The second kappa shape index (κ2) is 3.86. The van der Waals surface area contributed by atoms with E-state index >= 15 is 0 Å². The maximum atomic E-state index is 11.7. The lowest BCUT2D eigenvalue weighted by molar-refractivity contribution is 0.184. The fourth-order valence-electron chi connectivity index (χ4n) is 2.56. The van der Waals surface area contributed by atoms with Crippen LogP contribution in [0.4, 0.5) is 11.4 Å². The molecule has 0 amide bonds. The van der Waals surface area contributed by atoms with Gasteiger partial charge in [0, 0.05) is 19.4 Å². The summed E-state index contributed by atoms with van der Waals surface area (Å²) in [5.41, 5.74) is 1.43. The molecule has 5 nitrogen and oxygen atoms in total. The number of hydrogen-bond acceptors (Lipinski definition) is 5. The number of anilines is 2. The average molecular weight is 268 g/mol. The van der Waals surface area contributed by atoms with Crippen molar-refractivity contribution < 1.29 is 13.2 Å². The predicted molar refractivity (Wildman–Crippen MR) is 69.8 cm³/mol. The van der Waals surface area contributed by atoms with Gasteiger partial charge in [-0.1, -0.05) is 6.07 Å². The zero-order valence-electron chi connectivity index (χ0n) is 10.2. The van der Waals surface area contributed by atoms with E-state index in [1.165, 1.54) is 6.26 Å². The van der Waals surface area contributed by atoms with E-state index in [1.807, 2.05) is 6.07 Å². The van der Waals surface area contributed by atoms with Crippen molar-refractivity contribution in [3.63, 3.8) is 0 Å². The molecule has 0 saturated carbocycles. The Morgan fingerprint density at radius 2 is 2.22 bits per heavy atom. The van der Waals surface area contributed by atoms with Crippen molar-refractivity contribution in [2.45, 2.75) is 16.9 Å². The van der Waals surface area contributed by atoms with Gasteiger partial charge in [-0.3, -0.25) is 0 Å². The molecule has 0 aromatic heterocycles. The summed E-state index contributed by atoms with van der Waals surface area (Å²) in [5.74, 6) is 0. The van der Waals surface area contributed by atoms with Crippen LogP contribution in [0.15, 0.2) is 23.1 Å². The Labute approximate surface area is 106 Å². The zero-order valence-corrected chi connectivity index (χ0v) is 11.0. The predicted octanol–water partition coefficient (Wildman–Crippen LogP) is 1.09. The molecule has 0 radical (unpaired) electrons. The number of rotatable bonds is 1. The van der Waals surface area contributed by atoms with E-state index in [4.69, 9.17) is 4.74 Å². The van der Waals surface area contributed by atoms with Gasteiger partial charge in [0.1, 0.15) is 0 Å². The Bertz CT molecular complexity index is 577. The molecule has 18 heavy (non-hydrogen) atoms. The highest BCUT2D eigenvalue weighted by Gasteiger charge is 2.38. The molecule has 0 bridgehead atoms. The number of hydrogen-bond donors (Lipinski definition) is 2. The number of ether oxygens (including phenoxy) is 1. The van der Waals surface area contributed by atoms with Crippen molar-refractivity contribution in [1.29, 1.82) is 0 Å². The fourth-order valence-corrected chi connectivity index (χ4v) is 3.44. The first-order valence-corrected chi connectivity index (χ1v) is 7.82. The van der Waals surface area contributed by atoms with Crippen LogP contribution in [0.2, 0.25) is 0 Å². The van der Waals surface area contributed by atoms with E-state index in [2.05, 4.69) is 10.6 Å². The van der Waals surface area contributed by atoms with Crippen molar-refractivity contribution in [2.75, 3.05) is 36.6 Å². The maximum absolute atomic E-state index is 11.7. The minimum absolute atomic E-state index is 0.0941. The van der Waals surface area contributed by atoms with Gasteiger partial charge >= 0.3 is 0 Å². The average Bonchev–Trinajstić information content (AvgIpc) is 2.75. The van der Waals surface area contributed by atoms with Crippen LogP contribution in [0.3, 0.4) is 0 Å². The van der Waals surface area contributed by atoms with Crippen molar-refractivity contribution in [3.8, 4) is 0 Å². The van der Waals surface area contributed by atoms with Crippen LogP contribution in [-0.4, -0.2) is 40.0 Å². The summed E-state index contributed by atoms with van der Waals surface area (Å²) in [7, 11) is -3.21. The van der Waals surface area contributed by atoms with Crippen molar-refractivity contribution in [2.24, 2.45) is 0 Å². The number of sulfone groups is 1. The van der Waals surface area contributed by atoms with E-state index in [0.717, 1.165) is 18.7 Å². The van der Waals surface area contributed by atoms with Crippen molar-refractivity contribution in [1.82, 2.24) is 0 Å². The monoisotopic (exact) mass is 268 g/mol. The summed E-state index contributed by atoms with van der Waals surface area (Å²) in [4.78, 5) is 0.348. The summed E-state index contributed by atoms with van der Waals surface area (Å²) in [6, 6.07) is 5.29. The number of nitrogens with one attached hydrogen (secondary N) is 2. The molecule has 1 atom stereocenters. The lowest BCUT2D eigenvalue weighted by atomic mass is 9.95. The van der Waals surface area contributed by atoms with Gasteiger partial charge < -0.3 is 15.4 Å². The Balaban J connectivity index is 2.03. The molecule has 2 heterocycles. The summed E-state index contributed by atoms with van der Waals surface area (Å²) in [6.07, 6.45) is 2.16. The minimum atomic E-state index is -3.21. The van der Waals surface area contributed by atoms with Crippen molar-refractivity contribution in [3.05, 3.63) is 18.2 Å². The third-order valence-electron chi connectivity index (χ3n) is 3.53. The van der Waals surface area contributed by atoms with Crippen LogP contribution in [0, 0.1) is 0 Å². The molecule has 1 spiro atoms. The third kappa shape index (κ3) is 1.85. The largest absolute Gasteiger partial charge is 0.380 e. The van der Waals surface area contributed by atoms with Gasteiger partial charge in [0.2, 0.25) is 0 Å². The van der Waals surface area contributed by atoms with Crippen LogP contribution < -0.4 is 10.6 Å². The Morgan fingerprint density at radius 1 is 1.39 bits per heavy atom. The molecular weight excluding hydrogens is 252 g/mol. The molecule has 2 aliphatic rings. The van der Waals surface area contributed by atoms with E-state index in [-0.39, 0.29) is 5.54 Å². The second-order valence-corrected chi connectivity index (χ2v) is 7.00. The van der Waals surface area contributed by atoms with E-state index in [9.17, 15) is 8.42 Å². The molecule has 1 saturated heterocycles. The quantitative estimate of drug-likeness (QED) is 0.798. The van der Waals surface area contributed by atoms with Gasteiger partial charge in [-0.25, -0.2) is 8.42 Å². The Kier molecular flexibility index (Phi) is 2.53. The summed E-state index contributed by atoms with van der Waals surface area (Å²) in [5, 5.41) is 6.68. The van der Waals surface area contributed by atoms with Gasteiger partial charge in [0.25, 0.3) is 0 Å². The first kappa shape index (κ1) is 11.8. The standard InChI is InChI=1S/C12H16N2O3S/c1-18(15,16)10-4-2-3-9-11(10)13-7-12(14-9)5-6-17-8-12/h2-4,13-14H,5-8H2,1H3. The summed E-state index contributed by atoms with van der Waals surface area (Å²) >= 11 is 0. The van der Waals surface area contributed by atoms with Crippen LogP contribution >= 0.6 is 0 Å². The minimum Gasteiger partial charge on any atom is -0.380 e. The van der Waals surface area contributed by atoms with Gasteiger partial charge in [0.15, 0.2) is 9.84 Å². The van der Waals surface area contributed by atoms with E-state index < -0.39 is 9.84 Å².